The van der Waals surface area contributed by atoms with Gasteiger partial charge in [0.25, 0.3) is 0 Å². The van der Waals surface area contributed by atoms with Crippen LogP contribution in [-0.2, 0) is 15.7 Å². The zero-order chi connectivity index (χ0) is 29.7. The van der Waals surface area contributed by atoms with E-state index < -0.39 is 29.8 Å². The average molecular weight is 566 g/mol. The summed E-state index contributed by atoms with van der Waals surface area (Å²) < 4.78 is 44.9. The normalized spacial score (nSPS) is 19.2. The number of esters is 1. The standard InChI is InChI=1S/C28H38F3N5O4/c1-6-13-36-21(18-34-14-8-15-35(17-16-34)26(39)33-27(3,4)5)22(24(37)40-7-2)23(32-25(36)38)19-9-11-20(12-10-19)28(29,30)31/h6,9-12,23H,1,7-8,13-18H2,2-5H3,(H,32,38)(H,33,39)/t23-/m0/s1. The van der Waals surface area contributed by atoms with Crippen molar-refractivity contribution in [1.29, 1.82) is 0 Å². The maximum atomic E-state index is 13.3. The lowest BCUT2D eigenvalue weighted by Crippen LogP contribution is -2.51. The molecule has 12 heteroatoms. The van der Waals surface area contributed by atoms with E-state index in [1.807, 2.05) is 20.8 Å². The molecule has 2 N–H and O–H groups in total. The number of nitrogens with one attached hydrogen (secondary N) is 2. The lowest BCUT2D eigenvalue weighted by Gasteiger charge is -2.38. The molecule has 2 aliphatic heterocycles. The first-order valence-corrected chi connectivity index (χ1v) is 13.3. The Hall–Kier alpha value is -3.54. The van der Waals surface area contributed by atoms with Crippen LogP contribution in [0.25, 0.3) is 0 Å². The number of hydrogen-bond donors (Lipinski definition) is 2. The molecule has 2 aliphatic rings. The van der Waals surface area contributed by atoms with E-state index in [1.165, 1.54) is 23.1 Å². The number of carbonyl (C=O) groups excluding carboxylic acids is 3. The number of carbonyl (C=O) groups is 3. The van der Waals surface area contributed by atoms with Crippen LogP contribution in [0, 0.1) is 0 Å². The van der Waals surface area contributed by atoms with Crippen molar-refractivity contribution in [3.8, 4) is 0 Å². The Kier molecular flexibility index (Phi) is 9.88. The number of alkyl halides is 3. The van der Waals surface area contributed by atoms with Gasteiger partial charge in [0.1, 0.15) is 0 Å². The van der Waals surface area contributed by atoms with E-state index in [2.05, 4.69) is 22.1 Å². The molecule has 2 heterocycles. The lowest BCUT2D eigenvalue weighted by atomic mass is 9.93. The van der Waals surface area contributed by atoms with E-state index in [0.29, 0.717) is 43.9 Å². The number of benzene rings is 1. The van der Waals surface area contributed by atoms with E-state index in [1.54, 1.807) is 11.8 Å². The van der Waals surface area contributed by atoms with Gasteiger partial charge >= 0.3 is 24.2 Å². The van der Waals surface area contributed by atoms with Gasteiger partial charge < -0.3 is 20.3 Å². The third-order valence-corrected chi connectivity index (χ3v) is 6.55. The highest BCUT2D eigenvalue weighted by Crippen LogP contribution is 2.35. The fourth-order valence-corrected chi connectivity index (χ4v) is 4.70. The fraction of sp³-hybridized carbons (Fsp3) is 0.536. The predicted molar refractivity (Wildman–Crippen MR) is 144 cm³/mol. The molecule has 1 aromatic carbocycles. The first-order chi connectivity index (χ1) is 18.7. The molecule has 1 saturated heterocycles. The minimum Gasteiger partial charge on any atom is -0.463 e. The van der Waals surface area contributed by atoms with Crippen molar-refractivity contribution in [1.82, 2.24) is 25.3 Å². The van der Waals surface area contributed by atoms with Crippen molar-refractivity contribution < 1.29 is 32.3 Å². The van der Waals surface area contributed by atoms with Crippen molar-refractivity contribution in [3.05, 3.63) is 59.3 Å². The fourth-order valence-electron chi connectivity index (χ4n) is 4.70. The summed E-state index contributed by atoms with van der Waals surface area (Å²) in [5.74, 6) is -0.669. The Balaban J connectivity index is 1.97. The lowest BCUT2D eigenvalue weighted by molar-refractivity contribution is -0.139. The molecule has 0 unspecified atom stereocenters. The van der Waals surface area contributed by atoms with Gasteiger partial charge in [0, 0.05) is 50.5 Å². The molecule has 9 nitrogen and oxygen atoms in total. The highest BCUT2D eigenvalue weighted by atomic mass is 19.4. The van der Waals surface area contributed by atoms with Gasteiger partial charge in [-0.05, 0) is 51.8 Å². The highest BCUT2D eigenvalue weighted by molar-refractivity contribution is 5.95. The Morgan fingerprint density at radius 2 is 1.80 bits per heavy atom. The van der Waals surface area contributed by atoms with E-state index in [9.17, 15) is 27.6 Å². The molecule has 0 spiro atoms. The summed E-state index contributed by atoms with van der Waals surface area (Å²) in [4.78, 5) is 44.5. The van der Waals surface area contributed by atoms with Crippen LogP contribution in [0.2, 0.25) is 0 Å². The zero-order valence-corrected chi connectivity index (χ0v) is 23.4. The maximum Gasteiger partial charge on any atom is 0.416 e. The van der Waals surface area contributed by atoms with Crippen molar-refractivity contribution in [2.45, 2.75) is 51.9 Å². The molecular weight excluding hydrogens is 527 g/mol. The molecule has 0 radical (unpaired) electrons. The van der Waals surface area contributed by atoms with Crippen molar-refractivity contribution >= 4 is 18.0 Å². The molecule has 220 valence electrons. The van der Waals surface area contributed by atoms with Crippen molar-refractivity contribution in [2.24, 2.45) is 0 Å². The number of nitrogens with zero attached hydrogens (tertiary/aromatic N) is 3. The van der Waals surface area contributed by atoms with Crippen molar-refractivity contribution in [3.63, 3.8) is 0 Å². The predicted octanol–water partition coefficient (Wildman–Crippen LogP) is 4.29. The summed E-state index contributed by atoms with van der Waals surface area (Å²) in [5, 5.41) is 5.73. The summed E-state index contributed by atoms with van der Waals surface area (Å²) in [6, 6.07) is 2.68. The Morgan fingerprint density at radius 3 is 2.38 bits per heavy atom. The molecule has 0 aliphatic carbocycles. The van der Waals surface area contributed by atoms with Crippen LogP contribution < -0.4 is 10.6 Å². The average Bonchev–Trinajstić information content (AvgIpc) is 3.10. The number of rotatable bonds is 7. The van der Waals surface area contributed by atoms with Crippen LogP contribution in [0.3, 0.4) is 0 Å². The summed E-state index contributed by atoms with van der Waals surface area (Å²) in [6.45, 7) is 13.6. The van der Waals surface area contributed by atoms with Crippen LogP contribution in [0.1, 0.15) is 51.3 Å². The number of hydrogen-bond acceptors (Lipinski definition) is 5. The highest BCUT2D eigenvalue weighted by Gasteiger charge is 2.39. The second-order valence-corrected chi connectivity index (χ2v) is 10.8. The first-order valence-electron chi connectivity index (χ1n) is 13.3. The second-order valence-electron chi connectivity index (χ2n) is 10.8. The van der Waals surface area contributed by atoms with Gasteiger partial charge in [-0.15, -0.1) is 6.58 Å². The quantitative estimate of drug-likeness (QED) is 0.380. The Morgan fingerprint density at radius 1 is 1.12 bits per heavy atom. The van der Waals surface area contributed by atoms with Gasteiger partial charge in [-0.3, -0.25) is 9.80 Å². The van der Waals surface area contributed by atoms with Gasteiger partial charge in [0.05, 0.1) is 23.8 Å². The molecule has 0 aromatic heterocycles. The molecule has 0 saturated carbocycles. The van der Waals surface area contributed by atoms with E-state index >= 15 is 0 Å². The van der Waals surface area contributed by atoms with Gasteiger partial charge in [-0.2, -0.15) is 13.2 Å². The molecule has 40 heavy (non-hydrogen) atoms. The first kappa shape index (κ1) is 31.0. The molecule has 1 aromatic rings. The number of halogens is 3. The van der Waals surface area contributed by atoms with E-state index in [0.717, 1.165) is 12.1 Å². The number of urea groups is 2. The molecule has 3 rings (SSSR count). The Labute approximate surface area is 233 Å². The second kappa shape index (κ2) is 12.8. The van der Waals surface area contributed by atoms with Gasteiger partial charge in [0.2, 0.25) is 0 Å². The summed E-state index contributed by atoms with van der Waals surface area (Å²) in [7, 11) is 0. The third-order valence-electron chi connectivity index (χ3n) is 6.55. The molecule has 1 fully saturated rings. The summed E-state index contributed by atoms with van der Waals surface area (Å²) >= 11 is 0. The van der Waals surface area contributed by atoms with Crippen LogP contribution >= 0.6 is 0 Å². The topological polar surface area (TPSA) is 94.2 Å². The van der Waals surface area contributed by atoms with Crippen LogP contribution in [0.5, 0.6) is 0 Å². The molecule has 0 bridgehead atoms. The SMILES string of the molecule is C=CCN1C(=O)N[C@@H](c2ccc(C(F)(F)F)cc2)C(C(=O)OCC)=C1CN1CCCN(C(=O)NC(C)(C)C)CC1. The minimum atomic E-state index is -4.52. The van der Waals surface area contributed by atoms with E-state index in [4.69, 9.17) is 4.74 Å². The summed E-state index contributed by atoms with van der Waals surface area (Å²) in [6.07, 6.45) is -2.32. The minimum absolute atomic E-state index is 0.0757. The smallest absolute Gasteiger partial charge is 0.416 e. The largest absolute Gasteiger partial charge is 0.463 e. The summed E-state index contributed by atoms with van der Waals surface area (Å²) in [5.41, 5.74) is -0.357. The molecular formula is C28H38F3N5O4. The molecule has 1 atom stereocenters. The number of amides is 4. The van der Waals surface area contributed by atoms with Gasteiger partial charge in [-0.25, -0.2) is 14.4 Å². The van der Waals surface area contributed by atoms with Crippen molar-refractivity contribution in [2.75, 3.05) is 45.9 Å². The zero-order valence-electron chi connectivity index (χ0n) is 23.4. The maximum absolute atomic E-state index is 13.3. The molecule has 4 amide bonds. The van der Waals surface area contributed by atoms with E-state index in [-0.39, 0.29) is 36.8 Å². The van der Waals surface area contributed by atoms with Crippen LogP contribution in [-0.4, -0.2) is 84.1 Å². The number of ether oxygens (including phenoxy) is 1. The third kappa shape index (κ3) is 7.77. The monoisotopic (exact) mass is 565 g/mol. The van der Waals surface area contributed by atoms with Gasteiger partial charge in [0.15, 0.2) is 0 Å². The van der Waals surface area contributed by atoms with Crippen LogP contribution in [0.15, 0.2) is 48.2 Å². The van der Waals surface area contributed by atoms with Gasteiger partial charge in [-0.1, -0.05) is 18.2 Å². The van der Waals surface area contributed by atoms with Crippen LogP contribution in [0.4, 0.5) is 22.8 Å². The Bertz CT molecular complexity index is 1130.